The summed E-state index contributed by atoms with van der Waals surface area (Å²) in [6, 6.07) is 12.3. The van der Waals surface area contributed by atoms with Crippen LogP contribution in [0.5, 0.6) is 0 Å². The van der Waals surface area contributed by atoms with Gasteiger partial charge in [-0.25, -0.2) is 9.37 Å². The van der Waals surface area contributed by atoms with Gasteiger partial charge >= 0.3 is 0 Å². The molecule has 1 saturated carbocycles. The second-order valence-corrected chi connectivity index (χ2v) is 7.28. The van der Waals surface area contributed by atoms with Crippen LogP contribution in [0.1, 0.15) is 24.1 Å². The van der Waals surface area contributed by atoms with Gasteiger partial charge in [0.2, 0.25) is 5.91 Å². The van der Waals surface area contributed by atoms with Crippen LogP contribution in [0.2, 0.25) is 0 Å². The Bertz CT molecular complexity index is 922. The second-order valence-electron chi connectivity index (χ2n) is 6.43. The molecule has 1 aliphatic rings. The topological polar surface area (TPSA) is 54.9 Å². The quantitative estimate of drug-likeness (QED) is 0.722. The zero-order chi connectivity index (χ0) is 18.0. The van der Waals surface area contributed by atoms with Crippen molar-refractivity contribution in [1.82, 2.24) is 15.3 Å². The Kier molecular flexibility index (Phi) is 4.51. The fourth-order valence-corrected chi connectivity index (χ4v) is 3.92. The maximum absolute atomic E-state index is 14.0. The van der Waals surface area contributed by atoms with Crippen LogP contribution in [0, 0.1) is 5.82 Å². The summed E-state index contributed by atoms with van der Waals surface area (Å²) in [6.07, 6.45) is 3.78. The Morgan fingerprint density at radius 2 is 2.00 bits per heavy atom. The normalized spacial score (nSPS) is 14.8. The molecule has 0 unspecified atom stereocenters. The number of aromatic nitrogens is 2. The van der Waals surface area contributed by atoms with Gasteiger partial charge in [-0.3, -0.25) is 9.78 Å². The van der Waals surface area contributed by atoms with E-state index in [9.17, 15) is 9.18 Å². The highest BCUT2D eigenvalue weighted by Gasteiger charge is 2.52. The van der Waals surface area contributed by atoms with Crippen molar-refractivity contribution in [3.8, 4) is 10.7 Å². The lowest BCUT2D eigenvalue weighted by atomic mass is 9.94. The van der Waals surface area contributed by atoms with Crippen LogP contribution in [-0.4, -0.2) is 22.4 Å². The predicted octanol–water partition coefficient (Wildman–Crippen LogP) is 3.73. The van der Waals surface area contributed by atoms with E-state index in [1.54, 1.807) is 35.7 Å². The first-order valence-corrected chi connectivity index (χ1v) is 9.46. The van der Waals surface area contributed by atoms with Crippen molar-refractivity contribution in [2.24, 2.45) is 0 Å². The van der Waals surface area contributed by atoms with Crippen molar-refractivity contribution in [2.75, 3.05) is 6.54 Å². The monoisotopic (exact) mass is 367 g/mol. The van der Waals surface area contributed by atoms with Crippen LogP contribution < -0.4 is 5.32 Å². The highest BCUT2D eigenvalue weighted by molar-refractivity contribution is 7.13. The summed E-state index contributed by atoms with van der Waals surface area (Å²) < 4.78 is 14.0. The van der Waals surface area contributed by atoms with Crippen molar-refractivity contribution >= 4 is 17.2 Å². The van der Waals surface area contributed by atoms with Crippen LogP contribution >= 0.6 is 11.3 Å². The van der Waals surface area contributed by atoms with Gasteiger partial charge in [-0.1, -0.05) is 24.3 Å². The Balaban J connectivity index is 1.36. The first kappa shape index (κ1) is 16.8. The molecule has 3 aromatic rings. The van der Waals surface area contributed by atoms with Gasteiger partial charge in [0.25, 0.3) is 0 Å². The molecule has 6 heteroatoms. The fourth-order valence-electron chi connectivity index (χ4n) is 3.10. The minimum absolute atomic E-state index is 0.0946. The summed E-state index contributed by atoms with van der Waals surface area (Å²) in [5, 5.41) is 5.81. The van der Waals surface area contributed by atoms with Crippen LogP contribution in [0.15, 0.2) is 54.0 Å². The summed E-state index contributed by atoms with van der Waals surface area (Å²) >= 11 is 1.54. The summed E-state index contributed by atoms with van der Waals surface area (Å²) in [5.41, 5.74) is 1.59. The summed E-state index contributed by atoms with van der Waals surface area (Å²) in [7, 11) is 0. The molecular formula is C20H18FN3OS. The molecular weight excluding hydrogens is 349 g/mol. The highest BCUT2D eigenvalue weighted by atomic mass is 32.1. The third-order valence-corrected chi connectivity index (χ3v) is 5.59. The van der Waals surface area contributed by atoms with E-state index in [-0.39, 0.29) is 11.7 Å². The van der Waals surface area contributed by atoms with Crippen LogP contribution in [-0.2, 0) is 16.6 Å². The summed E-state index contributed by atoms with van der Waals surface area (Å²) in [4.78, 5) is 21.5. The molecule has 0 bridgehead atoms. The molecule has 1 fully saturated rings. The summed E-state index contributed by atoms with van der Waals surface area (Å²) in [5.74, 6) is -0.401. The average Bonchev–Trinajstić information content (AvgIpc) is 3.34. The Hall–Kier alpha value is -2.60. The number of nitrogens with zero attached hydrogens (tertiary/aromatic N) is 2. The van der Waals surface area contributed by atoms with Gasteiger partial charge in [0.05, 0.1) is 16.8 Å². The zero-order valence-corrected chi connectivity index (χ0v) is 14.9. The number of pyridine rings is 1. The van der Waals surface area contributed by atoms with E-state index in [0.29, 0.717) is 31.4 Å². The molecule has 0 atom stereocenters. The Labute approximate surface area is 155 Å². The minimum atomic E-state index is -0.688. The van der Waals surface area contributed by atoms with E-state index in [0.717, 1.165) is 16.4 Å². The lowest BCUT2D eigenvalue weighted by molar-refractivity contribution is -0.123. The van der Waals surface area contributed by atoms with E-state index < -0.39 is 5.41 Å². The molecule has 4 rings (SSSR count). The van der Waals surface area contributed by atoms with Crippen LogP contribution in [0.4, 0.5) is 4.39 Å². The van der Waals surface area contributed by atoms with E-state index in [2.05, 4.69) is 15.3 Å². The molecule has 0 aliphatic heterocycles. The predicted molar refractivity (Wildman–Crippen MR) is 99.4 cm³/mol. The van der Waals surface area contributed by atoms with E-state index >= 15 is 0 Å². The average molecular weight is 367 g/mol. The molecule has 1 aromatic carbocycles. The van der Waals surface area contributed by atoms with Crippen LogP contribution in [0.25, 0.3) is 10.7 Å². The molecule has 1 N–H and O–H groups in total. The van der Waals surface area contributed by atoms with Crippen molar-refractivity contribution in [3.05, 3.63) is 71.1 Å². The molecule has 132 valence electrons. The number of carbonyl (C=O) groups excluding carboxylic acids is 1. The summed E-state index contributed by atoms with van der Waals surface area (Å²) in [6.45, 7) is 0.487. The standard InChI is InChI=1S/C20H18FN3OS/c21-16-6-2-1-5-15(16)20(9-10-20)19(25)23-12-8-14-13-26-18(24-14)17-7-3-4-11-22-17/h1-7,11,13H,8-10,12H2,(H,23,25). The van der Waals surface area contributed by atoms with Gasteiger partial charge in [0.1, 0.15) is 10.8 Å². The lowest BCUT2D eigenvalue weighted by Crippen LogP contribution is -2.36. The van der Waals surface area contributed by atoms with E-state index in [1.807, 2.05) is 23.6 Å². The zero-order valence-electron chi connectivity index (χ0n) is 14.1. The fraction of sp³-hybridized carbons (Fsp3) is 0.250. The number of hydrogen-bond donors (Lipinski definition) is 1. The van der Waals surface area contributed by atoms with Crippen molar-refractivity contribution in [3.63, 3.8) is 0 Å². The van der Waals surface area contributed by atoms with Gasteiger partial charge in [0.15, 0.2) is 0 Å². The molecule has 2 aromatic heterocycles. The number of carbonyl (C=O) groups is 1. The number of hydrogen-bond acceptors (Lipinski definition) is 4. The molecule has 0 saturated heterocycles. The SMILES string of the molecule is O=C(NCCc1csc(-c2ccccn2)n1)C1(c2ccccc2F)CC1. The molecule has 1 amide bonds. The first-order valence-electron chi connectivity index (χ1n) is 8.58. The Morgan fingerprint density at radius 3 is 2.73 bits per heavy atom. The Morgan fingerprint density at radius 1 is 1.19 bits per heavy atom. The molecule has 0 spiro atoms. The van der Waals surface area contributed by atoms with Gasteiger partial charge in [-0.15, -0.1) is 11.3 Å². The maximum atomic E-state index is 14.0. The number of benzene rings is 1. The third kappa shape index (κ3) is 3.24. The van der Waals surface area contributed by atoms with Gasteiger partial charge in [0, 0.05) is 30.1 Å². The van der Waals surface area contributed by atoms with Crippen LogP contribution in [0.3, 0.4) is 0 Å². The van der Waals surface area contributed by atoms with Gasteiger partial charge in [-0.05, 0) is 31.0 Å². The van der Waals surface area contributed by atoms with Crippen molar-refractivity contribution < 1.29 is 9.18 Å². The number of nitrogens with one attached hydrogen (secondary N) is 1. The first-order chi connectivity index (χ1) is 12.7. The lowest BCUT2D eigenvalue weighted by Gasteiger charge is -2.16. The second kappa shape index (κ2) is 6.96. The van der Waals surface area contributed by atoms with Gasteiger partial charge in [-0.2, -0.15) is 0 Å². The van der Waals surface area contributed by atoms with Gasteiger partial charge < -0.3 is 5.32 Å². The number of rotatable bonds is 6. The minimum Gasteiger partial charge on any atom is -0.355 e. The smallest absolute Gasteiger partial charge is 0.230 e. The van der Waals surface area contributed by atoms with E-state index in [4.69, 9.17) is 0 Å². The van der Waals surface area contributed by atoms with E-state index in [1.165, 1.54) is 6.07 Å². The molecule has 26 heavy (non-hydrogen) atoms. The molecule has 4 nitrogen and oxygen atoms in total. The molecule has 0 radical (unpaired) electrons. The maximum Gasteiger partial charge on any atom is 0.230 e. The third-order valence-electron chi connectivity index (χ3n) is 4.68. The highest BCUT2D eigenvalue weighted by Crippen LogP contribution is 2.49. The van der Waals surface area contributed by atoms with Crippen molar-refractivity contribution in [1.29, 1.82) is 0 Å². The van der Waals surface area contributed by atoms with Crippen molar-refractivity contribution in [2.45, 2.75) is 24.7 Å². The number of thiazole rings is 1. The molecule has 1 aliphatic carbocycles. The number of amides is 1. The molecule has 2 heterocycles. The largest absolute Gasteiger partial charge is 0.355 e. The number of halogens is 1.